The Morgan fingerprint density at radius 1 is 0.789 bits per heavy atom. The lowest BCUT2D eigenvalue weighted by molar-refractivity contribution is -0.125. The van der Waals surface area contributed by atoms with Crippen LogP contribution < -0.4 is 0 Å². The Hall–Kier alpha value is 0.560. The van der Waals surface area contributed by atoms with Crippen molar-refractivity contribution in [3.63, 3.8) is 0 Å². The second-order valence-electron chi connectivity index (χ2n) is 4.74. The van der Waals surface area contributed by atoms with Gasteiger partial charge in [-0.1, -0.05) is 46.4 Å². The van der Waals surface area contributed by atoms with Crippen molar-refractivity contribution in [3.8, 4) is 0 Å². The lowest BCUT2D eigenvalue weighted by atomic mass is 9.86. The molecule has 0 aromatic carbocycles. The van der Waals surface area contributed by atoms with E-state index in [1.54, 1.807) is 0 Å². The minimum Gasteiger partial charge on any atom is -0.294 e. The molecule has 0 aromatic rings. The maximum atomic E-state index is 12.1. The molecule has 2 nitrogen and oxygen atoms in total. The summed E-state index contributed by atoms with van der Waals surface area (Å²) in [7, 11) is 0. The van der Waals surface area contributed by atoms with Crippen molar-refractivity contribution in [1.82, 2.24) is 0 Å². The highest BCUT2D eigenvalue weighted by atomic mass is 35.5. The Kier molecular flexibility index (Phi) is 2.94. The molecule has 0 aromatic heterocycles. The van der Waals surface area contributed by atoms with E-state index in [1.165, 1.54) is 0 Å². The van der Waals surface area contributed by atoms with Gasteiger partial charge >= 0.3 is 0 Å². The van der Waals surface area contributed by atoms with Crippen LogP contribution in [0, 0.1) is 11.8 Å². The molecular formula is C11H4Cl6O2. The molecule has 3 aliphatic rings. The average molecular weight is 381 g/mol. The summed E-state index contributed by atoms with van der Waals surface area (Å²) in [6.45, 7) is 0. The van der Waals surface area contributed by atoms with Crippen molar-refractivity contribution < 1.29 is 9.59 Å². The normalized spacial score (nSPS) is 47.1. The van der Waals surface area contributed by atoms with E-state index in [9.17, 15) is 9.59 Å². The van der Waals surface area contributed by atoms with Crippen LogP contribution in [0.15, 0.2) is 22.2 Å². The van der Waals surface area contributed by atoms with Gasteiger partial charge in [-0.05, 0) is 12.2 Å². The molecule has 3 rings (SSSR count). The number of alkyl halides is 4. The third-order valence-corrected chi connectivity index (χ3v) is 7.98. The van der Waals surface area contributed by atoms with Crippen LogP contribution in [0.3, 0.4) is 0 Å². The van der Waals surface area contributed by atoms with Gasteiger partial charge in [0.25, 0.3) is 0 Å². The van der Waals surface area contributed by atoms with Gasteiger partial charge in [0.15, 0.2) is 15.9 Å². The van der Waals surface area contributed by atoms with Crippen molar-refractivity contribution in [2.75, 3.05) is 0 Å². The van der Waals surface area contributed by atoms with E-state index in [0.717, 1.165) is 12.2 Å². The number of ketones is 2. The van der Waals surface area contributed by atoms with Crippen LogP contribution in [0.2, 0.25) is 0 Å². The Balaban J connectivity index is 2.33. The van der Waals surface area contributed by atoms with Crippen LogP contribution in [0.25, 0.3) is 0 Å². The van der Waals surface area contributed by atoms with Crippen molar-refractivity contribution in [2.24, 2.45) is 11.8 Å². The number of carbonyl (C=O) groups excluding carboxylic acids is 2. The number of hydrogen-bond acceptors (Lipinski definition) is 2. The Bertz CT molecular complexity index is 544. The fourth-order valence-electron chi connectivity index (χ4n) is 3.07. The second kappa shape index (κ2) is 3.85. The van der Waals surface area contributed by atoms with Gasteiger partial charge in [0.1, 0.15) is 9.75 Å². The zero-order valence-electron chi connectivity index (χ0n) is 8.89. The van der Waals surface area contributed by atoms with Gasteiger partial charge in [0, 0.05) is 10.1 Å². The van der Waals surface area contributed by atoms with Crippen LogP contribution in [0.5, 0.6) is 0 Å². The minimum atomic E-state index is -1.89. The third kappa shape index (κ3) is 1.30. The fourth-order valence-corrected chi connectivity index (χ4v) is 5.80. The first-order valence-electron chi connectivity index (χ1n) is 5.18. The number of halogens is 6. The van der Waals surface area contributed by atoms with Crippen molar-refractivity contribution >= 4 is 81.2 Å². The zero-order valence-corrected chi connectivity index (χ0v) is 13.4. The average Bonchev–Trinajstić information content (AvgIpc) is 2.70. The monoisotopic (exact) mass is 378 g/mol. The number of hydrogen-bond donors (Lipinski definition) is 0. The molecule has 1 fully saturated rings. The summed E-state index contributed by atoms with van der Waals surface area (Å²) >= 11 is 37.5. The van der Waals surface area contributed by atoms with E-state index in [1.807, 2.05) is 0 Å². The summed E-state index contributed by atoms with van der Waals surface area (Å²) in [4.78, 5) is 20.8. The maximum absolute atomic E-state index is 12.1. The molecule has 0 N–H and O–H groups in total. The summed E-state index contributed by atoms with van der Waals surface area (Å²) in [5.74, 6) is -2.89. The zero-order chi connectivity index (χ0) is 14.4. The molecular weight excluding hydrogens is 377 g/mol. The topological polar surface area (TPSA) is 34.1 Å². The quantitative estimate of drug-likeness (QED) is 0.599. The first-order valence-corrected chi connectivity index (χ1v) is 7.45. The van der Waals surface area contributed by atoms with Gasteiger partial charge in [0.05, 0.1) is 11.8 Å². The number of fused-ring (bicyclic) bond motifs is 3. The van der Waals surface area contributed by atoms with Gasteiger partial charge in [-0.25, -0.2) is 0 Å². The highest BCUT2D eigenvalue weighted by molar-refractivity contribution is 6.64. The lowest BCUT2D eigenvalue weighted by Gasteiger charge is -2.38. The molecule has 19 heavy (non-hydrogen) atoms. The third-order valence-electron chi connectivity index (χ3n) is 3.95. The standard InChI is InChI=1S/C11H4Cl6O2/c12-5-1-3(18)7-8-4(19)2-6(13)10(8,15)11(16,17)9(5,7)14/h1-2,7-8H/t7-,8+,9+,10-. The van der Waals surface area contributed by atoms with Crippen LogP contribution in [-0.4, -0.2) is 25.6 Å². The van der Waals surface area contributed by atoms with Gasteiger partial charge < -0.3 is 0 Å². The first kappa shape index (κ1) is 14.5. The Morgan fingerprint density at radius 3 is 1.42 bits per heavy atom. The molecule has 102 valence electrons. The summed E-state index contributed by atoms with van der Waals surface area (Å²) in [6, 6.07) is 0. The van der Waals surface area contributed by atoms with Gasteiger partial charge in [0.2, 0.25) is 0 Å². The molecule has 0 heterocycles. The van der Waals surface area contributed by atoms with E-state index in [2.05, 4.69) is 0 Å². The predicted octanol–water partition coefficient (Wildman–Crippen LogP) is 3.77. The molecule has 0 unspecified atom stereocenters. The summed E-state index contributed by atoms with van der Waals surface area (Å²) in [5.41, 5.74) is 0. The SMILES string of the molecule is O=C1C=C(Cl)[C@]2(Cl)[C@H]1[C@@H]1C(=O)C=C(Cl)[C@]1(Cl)C2(Cl)Cl. The maximum Gasteiger partial charge on any atom is 0.167 e. The van der Waals surface area contributed by atoms with Crippen molar-refractivity contribution in [3.05, 3.63) is 22.2 Å². The number of allylic oxidation sites excluding steroid dienone is 4. The van der Waals surface area contributed by atoms with Crippen molar-refractivity contribution in [2.45, 2.75) is 14.1 Å². The van der Waals surface area contributed by atoms with Gasteiger partial charge in [-0.2, -0.15) is 0 Å². The van der Waals surface area contributed by atoms with Crippen LogP contribution in [-0.2, 0) is 9.59 Å². The van der Waals surface area contributed by atoms with E-state index < -0.39 is 37.5 Å². The summed E-state index contributed by atoms with van der Waals surface area (Å²) in [5, 5.41) is -0.0540. The van der Waals surface area contributed by atoms with E-state index >= 15 is 0 Å². The minimum absolute atomic E-state index is 0.0270. The highest BCUT2D eigenvalue weighted by Crippen LogP contribution is 2.73. The van der Waals surface area contributed by atoms with E-state index in [-0.39, 0.29) is 10.1 Å². The molecule has 1 saturated carbocycles. The van der Waals surface area contributed by atoms with Gasteiger partial charge in [-0.3, -0.25) is 9.59 Å². The molecule has 4 atom stereocenters. The molecule has 8 heteroatoms. The van der Waals surface area contributed by atoms with Gasteiger partial charge in [-0.15, -0.1) is 23.2 Å². The smallest absolute Gasteiger partial charge is 0.167 e. The Morgan fingerprint density at radius 2 is 1.11 bits per heavy atom. The molecule has 0 radical (unpaired) electrons. The molecule has 0 aliphatic heterocycles. The second-order valence-corrected chi connectivity index (χ2v) is 8.08. The van der Waals surface area contributed by atoms with Crippen LogP contribution >= 0.6 is 69.6 Å². The van der Waals surface area contributed by atoms with Crippen LogP contribution in [0.4, 0.5) is 0 Å². The first-order chi connectivity index (χ1) is 8.60. The molecule has 0 saturated heterocycles. The summed E-state index contributed by atoms with van der Waals surface area (Å²) in [6.07, 6.45) is 2.27. The fraction of sp³-hybridized carbons (Fsp3) is 0.455. The predicted molar refractivity (Wildman–Crippen MR) is 76.5 cm³/mol. The van der Waals surface area contributed by atoms with Crippen molar-refractivity contribution in [1.29, 1.82) is 0 Å². The number of carbonyl (C=O) groups is 2. The van der Waals surface area contributed by atoms with Crippen LogP contribution in [0.1, 0.15) is 0 Å². The Labute approximate surface area is 138 Å². The highest BCUT2D eigenvalue weighted by Gasteiger charge is 2.82. The largest absolute Gasteiger partial charge is 0.294 e. The lowest BCUT2D eigenvalue weighted by Crippen LogP contribution is -2.49. The summed E-state index contributed by atoms with van der Waals surface area (Å²) < 4.78 is -1.89. The van der Waals surface area contributed by atoms with E-state index in [0.29, 0.717) is 0 Å². The molecule has 0 bridgehead atoms. The molecule has 3 aliphatic carbocycles. The molecule has 0 spiro atoms. The van der Waals surface area contributed by atoms with E-state index in [4.69, 9.17) is 69.6 Å². The number of rotatable bonds is 0. The molecule has 0 amide bonds.